The molecule has 86 valence electrons. The minimum absolute atomic E-state index is 1.16. The van der Waals surface area contributed by atoms with Gasteiger partial charge in [-0.2, -0.15) is 8.42 Å². The summed E-state index contributed by atoms with van der Waals surface area (Å²) in [5.74, 6) is 0. The molecule has 0 amide bonds. The van der Waals surface area contributed by atoms with Crippen molar-refractivity contribution in [1.29, 1.82) is 0 Å². The molecule has 0 radical (unpaired) electrons. The lowest BCUT2D eigenvalue weighted by Gasteiger charge is -2.02. The lowest BCUT2D eigenvalue weighted by Crippen LogP contribution is -1.89. The first-order valence-corrected chi connectivity index (χ1v) is 6.04. The summed E-state index contributed by atoms with van der Waals surface area (Å²) in [6.07, 6.45) is 2.31. The van der Waals surface area contributed by atoms with Gasteiger partial charge in [-0.25, -0.2) is 0 Å². The van der Waals surface area contributed by atoms with E-state index in [1.165, 1.54) is 11.1 Å². The van der Waals surface area contributed by atoms with E-state index in [1.807, 2.05) is 0 Å². The van der Waals surface area contributed by atoms with Crippen molar-refractivity contribution in [3.05, 3.63) is 35.4 Å². The molecule has 0 saturated heterocycles. The van der Waals surface area contributed by atoms with Crippen molar-refractivity contribution in [3.8, 4) is 0 Å². The Kier molecular flexibility index (Phi) is 6.15. The predicted molar refractivity (Wildman–Crippen MR) is 59.4 cm³/mol. The third-order valence-electron chi connectivity index (χ3n) is 1.88. The van der Waals surface area contributed by atoms with Gasteiger partial charge in [0.05, 0.1) is 0 Å². The largest absolute Gasteiger partial charge is 0.394 e. The predicted octanol–water partition coefficient (Wildman–Crippen LogP) is 2.16. The van der Waals surface area contributed by atoms with E-state index in [1.54, 1.807) is 0 Å². The van der Waals surface area contributed by atoms with Crippen LogP contribution in [0.2, 0.25) is 0 Å². The molecule has 0 spiro atoms. The quantitative estimate of drug-likeness (QED) is 0.766. The van der Waals surface area contributed by atoms with Crippen LogP contribution in [0.25, 0.3) is 0 Å². The van der Waals surface area contributed by atoms with Crippen molar-refractivity contribution in [1.82, 2.24) is 0 Å². The highest BCUT2D eigenvalue weighted by atomic mass is 32.3. The minimum Gasteiger partial charge on any atom is -0.264 e. The second kappa shape index (κ2) is 6.55. The number of aryl methyl sites for hydroxylation is 2. The second-order valence-electron chi connectivity index (χ2n) is 2.92. The molecular formula is C10H16O4S. The molecule has 0 heterocycles. The van der Waals surface area contributed by atoms with Crippen LogP contribution in [-0.2, 0) is 23.2 Å². The van der Waals surface area contributed by atoms with Crippen LogP contribution in [0.3, 0.4) is 0 Å². The molecule has 2 N–H and O–H groups in total. The average Bonchev–Trinajstić information content (AvgIpc) is 2.15. The zero-order valence-electron chi connectivity index (χ0n) is 8.84. The van der Waals surface area contributed by atoms with Gasteiger partial charge in [-0.3, -0.25) is 9.11 Å². The highest BCUT2D eigenvalue weighted by Crippen LogP contribution is 2.08. The molecule has 1 aromatic carbocycles. The van der Waals surface area contributed by atoms with Gasteiger partial charge in [-0.1, -0.05) is 38.1 Å². The third-order valence-corrected chi connectivity index (χ3v) is 1.88. The lowest BCUT2D eigenvalue weighted by molar-refractivity contribution is 0.381. The summed E-state index contributed by atoms with van der Waals surface area (Å²) in [5.41, 5.74) is 2.98. The summed E-state index contributed by atoms with van der Waals surface area (Å²) < 4.78 is 31.6. The molecule has 0 saturated carbocycles. The van der Waals surface area contributed by atoms with Crippen molar-refractivity contribution in [3.63, 3.8) is 0 Å². The molecule has 1 rings (SSSR count). The molecule has 4 nitrogen and oxygen atoms in total. The van der Waals surface area contributed by atoms with E-state index in [-0.39, 0.29) is 0 Å². The summed E-state index contributed by atoms with van der Waals surface area (Å²) in [6, 6.07) is 8.63. The molecule has 1 aromatic rings. The Labute approximate surface area is 90.5 Å². The molecular weight excluding hydrogens is 216 g/mol. The van der Waals surface area contributed by atoms with Crippen LogP contribution in [0, 0.1) is 0 Å². The van der Waals surface area contributed by atoms with Crippen LogP contribution in [0.1, 0.15) is 25.0 Å². The molecule has 15 heavy (non-hydrogen) atoms. The van der Waals surface area contributed by atoms with Crippen LogP contribution >= 0.6 is 0 Å². The van der Waals surface area contributed by atoms with Crippen LogP contribution < -0.4 is 0 Å². The lowest BCUT2D eigenvalue weighted by atomic mass is 10.0. The first kappa shape index (κ1) is 14.1. The Balaban J connectivity index is 0.000000336. The third kappa shape index (κ3) is 8.11. The highest BCUT2D eigenvalue weighted by Gasteiger charge is 1.93. The van der Waals surface area contributed by atoms with Crippen molar-refractivity contribution < 1.29 is 17.5 Å². The Bertz CT molecular complexity index is 353. The van der Waals surface area contributed by atoms with Gasteiger partial charge in [0, 0.05) is 0 Å². The monoisotopic (exact) mass is 232 g/mol. The first-order valence-electron chi connectivity index (χ1n) is 4.65. The van der Waals surface area contributed by atoms with Gasteiger partial charge in [-0.15, -0.1) is 0 Å². The molecule has 0 atom stereocenters. The standard InChI is InChI=1S/C10H14.H2O4S/c1-3-9-7-5-6-8-10(9)4-2;1-5(2,3)4/h5-8H,3-4H2,1-2H3;(H2,1,2,3,4). The molecule has 0 aromatic heterocycles. The Hall–Kier alpha value is -0.910. The number of hydrogen-bond acceptors (Lipinski definition) is 2. The molecule has 0 aliphatic carbocycles. The molecule has 0 aliphatic rings. The maximum absolute atomic E-state index is 8.74. The van der Waals surface area contributed by atoms with E-state index in [2.05, 4.69) is 38.1 Å². The topological polar surface area (TPSA) is 74.6 Å². The molecule has 0 fully saturated rings. The smallest absolute Gasteiger partial charge is 0.264 e. The van der Waals surface area contributed by atoms with Crippen LogP contribution in [0.4, 0.5) is 0 Å². The Morgan fingerprint density at radius 2 is 1.27 bits per heavy atom. The van der Waals surface area contributed by atoms with Crippen LogP contribution in [0.15, 0.2) is 24.3 Å². The maximum atomic E-state index is 8.74. The van der Waals surface area contributed by atoms with Gasteiger partial charge < -0.3 is 0 Å². The second-order valence-corrected chi connectivity index (χ2v) is 3.82. The summed E-state index contributed by atoms with van der Waals surface area (Å²) in [5, 5.41) is 0. The van der Waals surface area contributed by atoms with Crippen molar-refractivity contribution in [2.45, 2.75) is 26.7 Å². The Morgan fingerprint density at radius 1 is 1.00 bits per heavy atom. The average molecular weight is 232 g/mol. The first-order chi connectivity index (χ1) is 6.88. The maximum Gasteiger partial charge on any atom is 0.394 e. The van der Waals surface area contributed by atoms with E-state index < -0.39 is 10.4 Å². The van der Waals surface area contributed by atoms with E-state index in [9.17, 15) is 0 Å². The number of rotatable bonds is 2. The number of hydrogen-bond donors (Lipinski definition) is 2. The van der Waals surface area contributed by atoms with Crippen molar-refractivity contribution in [2.75, 3.05) is 0 Å². The normalized spacial score (nSPS) is 10.4. The molecule has 0 aliphatic heterocycles. The highest BCUT2D eigenvalue weighted by molar-refractivity contribution is 7.79. The fourth-order valence-electron chi connectivity index (χ4n) is 1.25. The van der Waals surface area contributed by atoms with E-state index >= 15 is 0 Å². The van der Waals surface area contributed by atoms with Gasteiger partial charge in [0.2, 0.25) is 0 Å². The SMILES string of the molecule is CCc1ccccc1CC.O=S(=O)(O)O. The molecule has 0 bridgehead atoms. The van der Waals surface area contributed by atoms with Gasteiger partial charge in [0.15, 0.2) is 0 Å². The van der Waals surface area contributed by atoms with Gasteiger partial charge in [0.25, 0.3) is 0 Å². The minimum atomic E-state index is -4.67. The fraction of sp³-hybridized carbons (Fsp3) is 0.400. The van der Waals surface area contributed by atoms with Gasteiger partial charge >= 0.3 is 10.4 Å². The van der Waals surface area contributed by atoms with Crippen LogP contribution in [0.5, 0.6) is 0 Å². The summed E-state index contributed by atoms with van der Waals surface area (Å²) in [7, 11) is -4.67. The van der Waals surface area contributed by atoms with Crippen molar-refractivity contribution in [2.24, 2.45) is 0 Å². The molecule has 0 unspecified atom stereocenters. The van der Waals surface area contributed by atoms with E-state index in [4.69, 9.17) is 17.5 Å². The Morgan fingerprint density at radius 3 is 1.47 bits per heavy atom. The zero-order valence-corrected chi connectivity index (χ0v) is 9.66. The van der Waals surface area contributed by atoms with Gasteiger partial charge in [-0.05, 0) is 24.0 Å². The van der Waals surface area contributed by atoms with Crippen LogP contribution in [-0.4, -0.2) is 17.5 Å². The molecule has 5 heteroatoms. The van der Waals surface area contributed by atoms with E-state index in [0.29, 0.717) is 0 Å². The summed E-state index contributed by atoms with van der Waals surface area (Å²) >= 11 is 0. The number of benzene rings is 1. The fourth-order valence-corrected chi connectivity index (χ4v) is 1.25. The van der Waals surface area contributed by atoms with E-state index in [0.717, 1.165) is 12.8 Å². The summed E-state index contributed by atoms with van der Waals surface area (Å²) in [6.45, 7) is 4.41. The van der Waals surface area contributed by atoms with Crippen molar-refractivity contribution >= 4 is 10.4 Å². The van der Waals surface area contributed by atoms with Gasteiger partial charge in [0.1, 0.15) is 0 Å². The zero-order chi connectivity index (χ0) is 11.9. The summed E-state index contributed by atoms with van der Waals surface area (Å²) in [4.78, 5) is 0.